The number of pyridine rings is 1. The molecule has 0 bridgehead atoms. The van der Waals surface area contributed by atoms with Gasteiger partial charge in [-0.1, -0.05) is 97.1 Å². The maximum absolute atomic E-state index is 5.06. The summed E-state index contributed by atoms with van der Waals surface area (Å²) in [5.74, 6) is 0.702. The Bertz CT molecular complexity index is 1890. The van der Waals surface area contributed by atoms with Crippen LogP contribution in [0.4, 0.5) is 0 Å². The van der Waals surface area contributed by atoms with Crippen molar-refractivity contribution in [2.24, 2.45) is 0 Å². The molecule has 5 aromatic carbocycles. The van der Waals surface area contributed by atoms with Gasteiger partial charge < -0.3 is 0 Å². The van der Waals surface area contributed by atoms with Gasteiger partial charge in [-0.25, -0.2) is 9.97 Å². The molecule has 0 saturated heterocycles. The topological polar surface area (TPSA) is 38.7 Å². The van der Waals surface area contributed by atoms with Crippen LogP contribution in [0.1, 0.15) is 0 Å². The monoisotopic (exact) mass is 485 g/mol. The van der Waals surface area contributed by atoms with E-state index in [4.69, 9.17) is 9.97 Å². The van der Waals surface area contributed by atoms with Gasteiger partial charge in [0.1, 0.15) is 0 Å². The van der Waals surface area contributed by atoms with Gasteiger partial charge in [0, 0.05) is 28.9 Å². The molecule has 0 amide bonds. The lowest BCUT2D eigenvalue weighted by Crippen LogP contribution is -1.94. The third kappa shape index (κ3) is 4.10. The lowest BCUT2D eigenvalue weighted by atomic mass is 9.96. The van der Waals surface area contributed by atoms with Gasteiger partial charge in [-0.05, 0) is 63.4 Å². The molecule has 0 fully saturated rings. The molecule has 0 spiro atoms. The third-order valence-corrected chi connectivity index (χ3v) is 6.96. The first-order chi connectivity index (χ1) is 18.8. The molecule has 0 atom stereocenters. The number of aromatic nitrogens is 3. The van der Waals surface area contributed by atoms with Crippen molar-refractivity contribution in [1.29, 1.82) is 0 Å². The molecular weight excluding hydrogens is 462 g/mol. The van der Waals surface area contributed by atoms with Gasteiger partial charge in [0.15, 0.2) is 5.82 Å². The van der Waals surface area contributed by atoms with E-state index in [2.05, 4.69) is 108 Å². The molecule has 2 aromatic heterocycles. The minimum absolute atomic E-state index is 0.702. The molecule has 0 unspecified atom stereocenters. The number of benzene rings is 5. The highest BCUT2D eigenvalue weighted by molar-refractivity contribution is 5.98. The Morgan fingerprint density at radius 1 is 0.421 bits per heavy atom. The molecule has 2 heterocycles. The van der Waals surface area contributed by atoms with Gasteiger partial charge in [0.25, 0.3) is 0 Å². The van der Waals surface area contributed by atoms with E-state index in [9.17, 15) is 0 Å². The number of rotatable bonds is 4. The fourth-order valence-corrected chi connectivity index (χ4v) is 4.98. The number of nitrogens with zero attached hydrogens (tertiary/aromatic N) is 3. The summed E-state index contributed by atoms with van der Waals surface area (Å²) in [5.41, 5.74) is 8.40. The SMILES string of the molecule is c1ccc(-c2ccc(-c3ncc4cc(-c5ccc6ccccc6c5)cc(-c5ccccn5)c4n3)cc2)cc1. The summed E-state index contributed by atoms with van der Waals surface area (Å²) in [6.07, 6.45) is 3.76. The van der Waals surface area contributed by atoms with Crippen molar-refractivity contribution >= 4 is 21.7 Å². The van der Waals surface area contributed by atoms with Gasteiger partial charge in [0.05, 0.1) is 11.2 Å². The fourth-order valence-electron chi connectivity index (χ4n) is 4.98. The summed E-state index contributed by atoms with van der Waals surface area (Å²) < 4.78 is 0. The average molecular weight is 486 g/mol. The van der Waals surface area contributed by atoms with E-state index < -0.39 is 0 Å². The predicted molar refractivity (Wildman–Crippen MR) is 157 cm³/mol. The van der Waals surface area contributed by atoms with E-state index in [0.29, 0.717) is 5.82 Å². The van der Waals surface area contributed by atoms with Crippen LogP contribution in [0.3, 0.4) is 0 Å². The van der Waals surface area contributed by atoms with E-state index in [-0.39, 0.29) is 0 Å². The lowest BCUT2D eigenvalue weighted by Gasteiger charge is -2.12. The predicted octanol–water partition coefficient (Wildman–Crippen LogP) is 8.85. The number of hydrogen-bond acceptors (Lipinski definition) is 3. The summed E-state index contributed by atoms with van der Waals surface area (Å²) >= 11 is 0. The van der Waals surface area contributed by atoms with Crippen LogP contribution in [0, 0.1) is 0 Å². The molecule has 0 saturated carbocycles. The van der Waals surface area contributed by atoms with Crippen molar-refractivity contribution in [3.05, 3.63) is 140 Å². The van der Waals surface area contributed by atoms with Crippen LogP contribution in [-0.2, 0) is 0 Å². The highest BCUT2D eigenvalue weighted by Crippen LogP contribution is 2.34. The summed E-state index contributed by atoms with van der Waals surface area (Å²) in [5, 5.41) is 3.43. The van der Waals surface area contributed by atoms with E-state index in [1.54, 1.807) is 0 Å². The lowest BCUT2D eigenvalue weighted by molar-refractivity contribution is 1.22. The van der Waals surface area contributed by atoms with Gasteiger partial charge in [-0.15, -0.1) is 0 Å². The van der Waals surface area contributed by atoms with Crippen molar-refractivity contribution in [2.45, 2.75) is 0 Å². The number of hydrogen-bond donors (Lipinski definition) is 0. The summed E-state index contributed by atoms with van der Waals surface area (Å²) in [4.78, 5) is 14.5. The molecule has 7 aromatic rings. The van der Waals surface area contributed by atoms with Crippen LogP contribution < -0.4 is 0 Å². The van der Waals surface area contributed by atoms with Crippen LogP contribution in [0.2, 0.25) is 0 Å². The Kier molecular flexibility index (Phi) is 5.45. The maximum atomic E-state index is 5.06. The smallest absolute Gasteiger partial charge is 0.159 e. The average Bonchev–Trinajstić information content (AvgIpc) is 3.01. The zero-order valence-corrected chi connectivity index (χ0v) is 20.6. The standard InChI is InChI=1S/C35H23N3/c1-2-8-24(9-3-1)26-13-16-27(17-14-26)35-37-23-31-21-30(29-18-15-25-10-4-5-11-28(25)20-29)22-32(34(31)38-35)33-12-6-7-19-36-33/h1-23H. The highest BCUT2D eigenvalue weighted by atomic mass is 14.9. The van der Waals surface area contributed by atoms with Crippen LogP contribution in [0.5, 0.6) is 0 Å². The molecule has 0 aliphatic carbocycles. The molecule has 7 rings (SSSR count). The van der Waals surface area contributed by atoms with E-state index in [1.165, 1.54) is 21.9 Å². The Balaban J connectivity index is 1.36. The molecule has 178 valence electrons. The normalized spacial score (nSPS) is 11.2. The number of fused-ring (bicyclic) bond motifs is 2. The van der Waals surface area contributed by atoms with Gasteiger partial charge in [-0.2, -0.15) is 0 Å². The molecule has 0 radical (unpaired) electrons. The van der Waals surface area contributed by atoms with Crippen molar-refractivity contribution in [2.75, 3.05) is 0 Å². The van der Waals surface area contributed by atoms with Crippen molar-refractivity contribution in [1.82, 2.24) is 15.0 Å². The Morgan fingerprint density at radius 3 is 1.92 bits per heavy atom. The first-order valence-electron chi connectivity index (χ1n) is 12.7. The third-order valence-electron chi connectivity index (χ3n) is 6.96. The quantitative estimate of drug-likeness (QED) is 0.250. The Hall–Kier alpha value is -5.15. The summed E-state index contributed by atoms with van der Waals surface area (Å²) in [7, 11) is 0. The molecule has 0 aliphatic heterocycles. The zero-order valence-electron chi connectivity index (χ0n) is 20.6. The van der Waals surface area contributed by atoms with Crippen molar-refractivity contribution in [3.63, 3.8) is 0 Å². The van der Waals surface area contributed by atoms with Crippen LogP contribution in [0.25, 0.3) is 66.6 Å². The van der Waals surface area contributed by atoms with E-state index in [0.717, 1.165) is 38.9 Å². The maximum Gasteiger partial charge on any atom is 0.159 e. The largest absolute Gasteiger partial charge is 0.256 e. The zero-order chi connectivity index (χ0) is 25.3. The summed E-state index contributed by atoms with van der Waals surface area (Å²) in [6.45, 7) is 0. The minimum atomic E-state index is 0.702. The second kappa shape index (κ2) is 9.38. The highest BCUT2D eigenvalue weighted by Gasteiger charge is 2.13. The van der Waals surface area contributed by atoms with Gasteiger partial charge in [0.2, 0.25) is 0 Å². The molecule has 0 N–H and O–H groups in total. The molecule has 38 heavy (non-hydrogen) atoms. The second-order valence-corrected chi connectivity index (χ2v) is 9.38. The van der Waals surface area contributed by atoms with E-state index >= 15 is 0 Å². The summed E-state index contributed by atoms with van der Waals surface area (Å²) in [6, 6.07) is 44.2. The van der Waals surface area contributed by atoms with Crippen LogP contribution in [0.15, 0.2) is 140 Å². The van der Waals surface area contributed by atoms with Gasteiger partial charge in [-0.3, -0.25) is 4.98 Å². The van der Waals surface area contributed by atoms with Crippen LogP contribution >= 0.6 is 0 Å². The van der Waals surface area contributed by atoms with Crippen molar-refractivity contribution in [3.8, 4) is 44.9 Å². The minimum Gasteiger partial charge on any atom is -0.256 e. The van der Waals surface area contributed by atoms with Crippen molar-refractivity contribution < 1.29 is 0 Å². The van der Waals surface area contributed by atoms with E-state index in [1.807, 2.05) is 36.7 Å². The second-order valence-electron chi connectivity index (χ2n) is 9.38. The Labute approximate surface area is 221 Å². The first kappa shape index (κ1) is 22.1. The van der Waals surface area contributed by atoms with Gasteiger partial charge >= 0.3 is 0 Å². The fraction of sp³-hybridized carbons (Fsp3) is 0. The Morgan fingerprint density at radius 2 is 1.11 bits per heavy atom. The molecule has 3 heteroatoms. The molecule has 0 aliphatic rings. The molecular formula is C35H23N3. The van der Waals surface area contributed by atoms with Crippen LogP contribution in [-0.4, -0.2) is 15.0 Å². The first-order valence-corrected chi connectivity index (χ1v) is 12.7. The molecule has 3 nitrogen and oxygen atoms in total.